The van der Waals surface area contributed by atoms with Crippen LogP contribution in [0.3, 0.4) is 0 Å². The van der Waals surface area contributed by atoms with E-state index in [4.69, 9.17) is 16.3 Å². The minimum Gasteiger partial charge on any atom is -0.487 e. The van der Waals surface area contributed by atoms with Crippen molar-refractivity contribution in [3.63, 3.8) is 0 Å². The molecule has 2 rings (SSSR count). The molecule has 0 aliphatic heterocycles. The van der Waals surface area contributed by atoms with Gasteiger partial charge in [0.1, 0.15) is 11.9 Å². The van der Waals surface area contributed by atoms with Crippen molar-refractivity contribution in [3.05, 3.63) is 44.9 Å². The molecule has 0 saturated carbocycles. The SMILES string of the molecule is CCNC(=NCc1sc(C)nc1C)NCC(C)Oc1ccccc1Cl.I. The first-order chi connectivity index (χ1) is 12.0. The number of nitrogens with zero attached hydrogens (tertiary/aromatic N) is 2. The minimum atomic E-state index is -0.0452. The Hall–Kier alpha value is -1.06. The largest absolute Gasteiger partial charge is 0.487 e. The molecule has 0 radical (unpaired) electrons. The maximum absolute atomic E-state index is 6.13. The van der Waals surface area contributed by atoms with Gasteiger partial charge in [-0.3, -0.25) is 0 Å². The van der Waals surface area contributed by atoms with Crippen LogP contribution in [0.25, 0.3) is 0 Å². The van der Waals surface area contributed by atoms with Crippen LogP contribution in [-0.2, 0) is 6.54 Å². The van der Waals surface area contributed by atoms with E-state index in [1.165, 1.54) is 4.88 Å². The van der Waals surface area contributed by atoms with E-state index in [1.54, 1.807) is 11.3 Å². The van der Waals surface area contributed by atoms with Gasteiger partial charge in [-0.25, -0.2) is 9.98 Å². The molecule has 0 aliphatic carbocycles. The number of nitrogens with one attached hydrogen (secondary N) is 2. The van der Waals surface area contributed by atoms with Gasteiger partial charge >= 0.3 is 0 Å². The van der Waals surface area contributed by atoms with Gasteiger partial charge in [0, 0.05) is 11.4 Å². The summed E-state index contributed by atoms with van der Waals surface area (Å²) < 4.78 is 5.87. The Bertz CT molecular complexity index is 723. The van der Waals surface area contributed by atoms with Crippen molar-refractivity contribution in [2.75, 3.05) is 13.1 Å². The number of benzene rings is 1. The molecule has 0 aliphatic rings. The molecule has 0 bridgehead atoms. The third-order valence-corrected chi connectivity index (χ3v) is 4.82. The summed E-state index contributed by atoms with van der Waals surface area (Å²) in [6.07, 6.45) is -0.0452. The highest BCUT2D eigenvalue weighted by Crippen LogP contribution is 2.24. The minimum absolute atomic E-state index is 0. The first-order valence-electron chi connectivity index (χ1n) is 8.35. The lowest BCUT2D eigenvalue weighted by Crippen LogP contribution is -2.41. The van der Waals surface area contributed by atoms with Gasteiger partial charge in [-0.15, -0.1) is 35.3 Å². The summed E-state index contributed by atoms with van der Waals surface area (Å²) in [6.45, 7) is 10.1. The van der Waals surface area contributed by atoms with E-state index in [-0.39, 0.29) is 30.1 Å². The van der Waals surface area contributed by atoms with Crippen molar-refractivity contribution in [3.8, 4) is 5.75 Å². The van der Waals surface area contributed by atoms with Gasteiger partial charge in [0.05, 0.1) is 28.8 Å². The molecule has 144 valence electrons. The van der Waals surface area contributed by atoms with Gasteiger partial charge in [0.2, 0.25) is 0 Å². The molecular weight excluding hydrogens is 483 g/mol. The maximum Gasteiger partial charge on any atom is 0.191 e. The van der Waals surface area contributed by atoms with Crippen molar-refractivity contribution >= 4 is 52.9 Å². The highest BCUT2D eigenvalue weighted by Gasteiger charge is 2.09. The Labute approximate surface area is 181 Å². The van der Waals surface area contributed by atoms with Crippen molar-refractivity contribution in [1.29, 1.82) is 0 Å². The molecule has 0 spiro atoms. The summed E-state index contributed by atoms with van der Waals surface area (Å²) in [6, 6.07) is 7.48. The number of halogens is 2. The molecule has 2 aromatic rings. The van der Waals surface area contributed by atoms with Crippen LogP contribution in [0.1, 0.15) is 29.4 Å². The zero-order chi connectivity index (χ0) is 18.2. The Morgan fingerprint density at radius 1 is 1.31 bits per heavy atom. The number of guanidine groups is 1. The van der Waals surface area contributed by atoms with Gasteiger partial charge in [-0.1, -0.05) is 23.7 Å². The van der Waals surface area contributed by atoms with E-state index in [9.17, 15) is 0 Å². The predicted octanol–water partition coefficient (Wildman–Crippen LogP) is 4.55. The number of aryl methyl sites for hydroxylation is 2. The second-order valence-electron chi connectivity index (χ2n) is 5.68. The first kappa shape index (κ1) is 23.0. The quantitative estimate of drug-likeness (QED) is 0.327. The molecule has 0 fully saturated rings. The summed E-state index contributed by atoms with van der Waals surface area (Å²) >= 11 is 7.82. The van der Waals surface area contributed by atoms with E-state index in [0.717, 1.165) is 23.2 Å². The first-order valence-corrected chi connectivity index (χ1v) is 9.55. The lowest BCUT2D eigenvalue weighted by atomic mass is 10.3. The Morgan fingerprint density at radius 2 is 2.04 bits per heavy atom. The molecule has 5 nitrogen and oxygen atoms in total. The summed E-state index contributed by atoms with van der Waals surface area (Å²) in [5.41, 5.74) is 1.05. The fourth-order valence-electron chi connectivity index (χ4n) is 2.25. The Balaban J connectivity index is 0.00000338. The number of rotatable bonds is 7. The average Bonchev–Trinajstić information content (AvgIpc) is 2.90. The smallest absolute Gasteiger partial charge is 0.191 e. The summed E-state index contributed by atoms with van der Waals surface area (Å²) in [5, 5.41) is 8.25. The molecule has 1 aromatic carbocycles. The lowest BCUT2D eigenvalue weighted by Gasteiger charge is -2.18. The fraction of sp³-hybridized carbons (Fsp3) is 0.444. The topological polar surface area (TPSA) is 58.5 Å². The number of thiazole rings is 1. The van der Waals surface area contributed by atoms with Crippen molar-refractivity contribution in [1.82, 2.24) is 15.6 Å². The van der Waals surface area contributed by atoms with Crippen LogP contribution in [-0.4, -0.2) is 30.1 Å². The Morgan fingerprint density at radius 3 is 2.65 bits per heavy atom. The molecule has 2 N–H and O–H groups in total. The van der Waals surface area contributed by atoms with E-state index in [1.807, 2.05) is 52.0 Å². The zero-order valence-corrected chi connectivity index (χ0v) is 19.4. The van der Waals surface area contributed by atoms with E-state index < -0.39 is 0 Å². The van der Waals surface area contributed by atoms with Crippen molar-refractivity contribution < 1.29 is 4.74 Å². The summed E-state index contributed by atoms with van der Waals surface area (Å²) in [4.78, 5) is 10.3. The number of aromatic nitrogens is 1. The molecule has 1 atom stereocenters. The summed E-state index contributed by atoms with van der Waals surface area (Å²) in [7, 11) is 0. The molecular formula is C18H26ClIN4OS. The highest BCUT2D eigenvalue weighted by atomic mass is 127. The number of aliphatic imine (C=N–C) groups is 1. The van der Waals surface area contributed by atoms with Gasteiger partial charge in [-0.05, 0) is 39.8 Å². The predicted molar refractivity (Wildman–Crippen MR) is 121 cm³/mol. The zero-order valence-electron chi connectivity index (χ0n) is 15.5. The van der Waals surface area contributed by atoms with E-state index in [0.29, 0.717) is 23.9 Å². The Kier molecular flexibility index (Phi) is 10.3. The third-order valence-electron chi connectivity index (χ3n) is 3.45. The molecule has 0 saturated heterocycles. The molecule has 0 amide bonds. The van der Waals surface area contributed by atoms with Crippen LogP contribution in [0.2, 0.25) is 5.02 Å². The second kappa shape index (κ2) is 11.6. The molecule has 8 heteroatoms. The van der Waals surface area contributed by atoms with Gasteiger partial charge in [-0.2, -0.15) is 0 Å². The third kappa shape index (κ3) is 7.28. The van der Waals surface area contributed by atoms with Crippen LogP contribution < -0.4 is 15.4 Å². The summed E-state index contributed by atoms with van der Waals surface area (Å²) in [5.74, 6) is 1.46. The second-order valence-corrected chi connectivity index (χ2v) is 7.37. The van der Waals surface area contributed by atoms with E-state index >= 15 is 0 Å². The normalized spacial score (nSPS) is 12.3. The molecule has 1 aromatic heterocycles. The standard InChI is InChI=1S/C18H25ClN4OS.HI/c1-5-20-18(22-11-17-13(3)23-14(4)25-17)21-10-12(2)24-16-9-7-6-8-15(16)19;/h6-9,12H,5,10-11H2,1-4H3,(H2,20,21,22);1H. The van der Waals surface area contributed by atoms with Crippen LogP contribution in [0.4, 0.5) is 0 Å². The maximum atomic E-state index is 6.13. The highest BCUT2D eigenvalue weighted by molar-refractivity contribution is 14.0. The van der Waals surface area contributed by atoms with Crippen LogP contribution in [0, 0.1) is 13.8 Å². The monoisotopic (exact) mass is 508 g/mol. The number of ether oxygens (including phenoxy) is 1. The molecule has 1 unspecified atom stereocenters. The van der Waals surface area contributed by atoms with Gasteiger partial charge < -0.3 is 15.4 Å². The number of para-hydroxylation sites is 1. The van der Waals surface area contributed by atoms with Crippen LogP contribution in [0.5, 0.6) is 5.75 Å². The lowest BCUT2D eigenvalue weighted by molar-refractivity contribution is 0.224. The van der Waals surface area contributed by atoms with E-state index in [2.05, 4.69) is 20.6 Å². The average molecular weight is 509 g/mol. The fourth-order valence-corrected chi connectivity index (χ4v) is 3.29. The van der Waals surface area contributed by atoms with Crippen molar-refractivity contribution in [2.45, 2.75) is 40.3 Å². The van der Waals surface area contributed by atoms with Crippen LogP contribution in [0.15, 0.2) is 29.3 Å². The molecule has 26 heavy (non-hydrogen) atoms. The van der Waals surface area contributed by atoms with Gasteiger partial charge in [0.15, 0.2) is 5.96 Å². The molecule has 1 heterocycles. The van der Waals surface area contributed by atoms with Crippen molar-refractivity contribution in [2.24, 2.45) is 4.99 Å². The number of hydrogen-bond donors (Lipinski definition) is 2. The van der Waals surface area contributed by atoms with Crippen LogP contribution >= 0.6 is 46.9 Å². The number of hydrogen-bond acceptors (Lipinski definition) is 4. The van der Waals surface area contributed by atoms with Gasteiger partial charge in [0.25, 0.3) is 0 Å².